The number of nitrogens with one attached hydrogen (secondary N) is 1. The number of hydrogen-bond acceptors (Lipinski definition) is 8. The topological polar surface area (TPSA) is 71.3 Å². The first-order valence-corrected chi connectivity index (χ1v) is 15.1. The van der Waals surface area contributed by atoms with E-state index >= 15 is 0 Å². The van der Waals surface area contributed by atoms with Crippen LogP contribution in [-0.4, -0.2) is 87.1 Å². The maximum Gasteiger partial charge on any atom is 0.139 e. The van der Waals surface area contributed by atoms with Crippen molar-refractivity contribution in [3.8, 4) is 0 Å². The van der Waals surface area contributed by atoms with Gasteiger partial charge in [-0.05, 0) is 75.4 Å². The highest BCUT2D eigenvalue weighted by Gasteiger charge is 2.44. The average molecular weight is 522 g/mol. The number of thiophene rings is 1. The molecular formula is C28H39N7OS. The van der Waals surface area contributed by atoms with E-state index in [-0.39, 0.29) is 0 Å². The number of ether oxygens (including phenoxy) is 1. The first kappa shape index (κ1) is 24.0. The lowest BCUT2D eigenvalue weighted by Crippen LogP contribution is -2.50. The van der Waals surface area contributed by atoms with Crippen LogP contribution in [0.5, 0.6) is 0 Å². The molecule has 6 heterocycles. The minimum atomic E-state index is 0.440. The Morgan fingerprint density at radius 2 is 1.84 bits per heavy atom. The van der Waals surface area contributed by atoms with Crippen LogP contribution in [0.2, 0.25) is 0 Å². The third kappa shape index (κ3) is 4.68. The zero-order valence-corrected chi connectivity index (χ0v) is 22.9. The number of anilines is 1. The van der Waals surface area contributed by atoms with Crippen molar-refractivity contribution >= 4 is 27.4 Å². The summed E-state index contributed by atoms with van der Waals surface area (Å²) in [4.78, 5) is 16.5. The summed E-state index contributed by atoms with van der Waals surface area (Å²) in [6.45, 7) is 6.37. The molecule has 1 saturated carbocycles. The fourth-order valence-electron chi connectivity index (χ4n) is 7.20. The zero-order chi connectivity index (χ0) is 24.9. The summed E-state index contributed by atoms with van der Waals surface area (Å²) in [7, 11) is 2.30. The molecule has 0 amide bonds. The SMILES string of the molecule is Cc1csc2nc(Cc3cnn(C4CCOCC4)c3)nc(NC3CCC(N4CC5CC4CN5C)CC3)c12. The largest absolute Gasteiger partial charge is 0.381 e. The minimum Gasteiger partial charge on any atom is -0.381 e. The first-order valence-electron chi connectivity index (χ1n) is 14.2. The summed E-state index contributed by atoms with van der Waals surface area (Å²) < 4.78 is 7.64. The monoisotopic (exact) mass is 521 g/mol. The molecule has 2 atom stereocenters. The van der Waals surface area contributed by atoms with Gasteiger partial charge in [0.1, 0.15) is 16.5 Å². The molecule has 2 bridgehead atoms. The predicted octanol–water partition coefficient (Wildman–Crippen LogP) is 4.25. The highest BCUT2D eigenvalue weighted by molar-refractivity contribution is 7.17. The molecule has 9 heteroatoms. The number of likely N-dealkylation sites (tertiary alicyclic amines) is 2. The number of aryl methyl sites for hydroxylation is 1. The second kappa shape index (κ2) is 9.91. The number of nitrogens with zero attached hydrogens (tertiary/aromatic N) is 6. The van der Waals surface area contributed by atoms with Crippen LogP contribution < -0.4 is 5.32 Å². The quantitative estimate of drug-likeness (QED) is 0.520. The molecule has 4 fully saturated rings. The standard InChI is InChI=1S/C28H39N7OS/c1-18-17-37-28-26(18)27(30-20-3-5-21(6-4-20)34-16-23-12-24(34)15-33(23)2)31-25(32-28)11-19-13-29-35(14-19)22-7-9-36-10-8-22/h13-14,17,20-24H,3-12,15-16H2,1-2H3,(H,30,31,32). The predicted molar refractivity (Wildman–Crippen MR) is 147 cm³/mol. The smallest absolute Gasteiger partial charge is 0.139 e. The Kier molecular flexibility index (Phi) is 6.43. The van der Waals surface area contributed by atoms with E-state index in [9.17, 15) is 0 Å². The molecule has 198 valence electrons. The summed E-state index contributed by atoms with van der Waals surface area (Å²) in [6.07, 6.45) is 13.3. The molecule has 3 aromatic heterocycles. The number of aromatic nitrogens is 4. The number of likely N-dealkylation sites (N-methyl/N-ethyl adjacent to an activating group) is 1. The maximum atomic E-state index is 5.52. The normalized spacial score (nSPS) is 29.5. The van der Waals surface area contributed by atoms with E-state index in [1.165, 1.54) is 61.7 Å². The third-order valence-electron chi connectivity index (χ3n) is 9.31. The van der Waals surface area contributed by atoms with Crippen molar-refractivity contribution in [1.29, 1.82) is 0 Å². The lowest BCUT2D eigenvalue weighted by atomic mass is 9.89. The Morgan fingerprint density at radius 3 is 2.59 bits per heavy atom. The van der Waals surface area contributed by atoms with Crippen molar-refractivity contribution in [3.63, 3.8) is 0 Å². The molecule has 3 saturated heterocycles. The average Bonchev–Trinajstić information content (AvgIpc) is 3.70. The Bertz CT molecular complexity index is 1240. The van der Waals surface area contributed by atoms with Crippen molar-refractivity contribution in [1.82, 2.24) is 29.5 Å². The van der Waals surface area contributed by atoms with Crippen LogP contribution in [-0.2, 0) is 11.2 Å². The molecule has 8 nitrogen and oxygen atoms in total. The van der Waals surface area contributed by atoms with Crippen LogP contribution in [0.15, 0.2) is 17.8 Å². The van der Waals surface area contributed by atoms with Gasteiger partial charge in [-0.15, -0.1) is 11.3 Å². The Labute approximate surface area is 223 Å². The molecule has 3 aromatic rings. The van der Waals surface area contributed by atoms with Crippen LogP contribution in [0.4, 0.5) is 5.82 Å². The van der Waals surface area contributed by atoms with Gasteiger partial charge in [0.2, 0.25) is 0 Å². The van der Waals surface area contributed by atoms with Crippen molar-refractivity contribution in [2.75, 3.05) is 38.7 Å². The molecule has 37 heavy (non-hydrogen) atoms. The Hall–Kier alpha value is -2.07. The van der Waals surface area contributed by atoms with Gasteiger partial charge in [-0.1, -0.05) is 0 Å². The summed E-state index contributed by atoms with van der Waals surface area (Å²) >= 11 is 1.73. The molecule has 1 aliphatic carbocycles. The van der Waals surface area contributed by atoms with Gasteiger partial charge in [-0.3, -0.25) is 9.58 Å². The van der Waals surface area contributed by atoms with E-state index in [0.29, 0.717) is 18.5 Å². The number of rotatable bonds is 6. The van der Waals surface area contributed by atoms with Gasteiger partial charge in [0.25, 0.3) is 0 Å². The van der Waals surface area contributed by atoms with Crippen molar-refractivity contribution in [2.45, 2.75) is 88.5 Å². The fraction of sp³-hybridized carbons (Fsp3) is 0.679. The molecular weight excluding hydrogens is 482 g/mol. The molecule has 0 aromatic carbocycles. The lowest BCUT2D eigenvalue weighted by Gasteiger charge is -2.41. The molecule has 2 unspecified atom stereocenters. The van der Waals surface area contributed by atoms with Gasteiger partial charge in [0, 0.05) is 63.1 Å². The Balaban J connectivity index is 1.04. The van der Waals surface area contributed by atoms with Crippen LogP contribution in [0.1, 0.15) is 67.9 Å². The van der Waals surface area contributed by atoms with Crippen molar-refractivity contribution in [3.05, 3.63) is 34.7 Å². The van der Waals surface area contributed by atoms with E-state index in [4.69, 9.17) is 14.7 Å². The van der Waals surface area contributed by atoms with Gasteiger partial charge >= 0.3 is 0 Å². The highest BCUT2D eigenvalue weighted by Crippen LogP contribution is 2.37. The molecule has 0 spiro atoms. The molecule has 4 aliphatic rings. The number of hydrogen-bond donors (Lipinski definition) is 1. The second-order valence-electron chi connectivity index (χ2n) is 11.8. The molecule has 0 radical (unpaired) electrons. The summed E-state index contributed by atoms with van der Waals surface area (Å²) in [6, 6.07) is 3.27. The van der Waals surface area contributed by atoms with E-state index in [2.05, 4.69) is 50.4 Å². The second-order valence-corrected chi connectivity index (χ2v) is 12.6. The van der Waals surface area contributed by atoms with Crippen LogP contribution in [0.25, 0.3) is 10.2 Å². The lowest BCUT2D eigenvalue weighted by molar-refractivity contribution is 0.0662. The molecule has 1 N–H and O–H groups in total. The van der Waals surface area contributed by atoms with E-state index in [1.807, 2.05) is 6.20 Å². The van der Waals surface area contributed by atoms with Crippen molar-refractivity contribution < 1.29 is 4.74 Å². The van der Waals surface area contributed by atoms with Crippen molar-refractivity contribution in [2.24, 2.45) is 0 Å². The molecule has 7 rings (SSSR count). The number of piperazine rings is 1. The van der Waals surface area contributed by atoms with Crippen LogP contribution in [0.3, 0.4) is 0 Å². The summed E-state index contributed by atoms with van der Waals surface area (Å²) in [5.41, 5.74) is 2.45. The van der Waals surface area contributed by atoms with Crippen LogP contribution in [0, 0.1) is 6.92 Å². The maximum absolute atomic E-state index is 5.52. The van der Waals surface area contributed by atoms with E-state index in [1.54, 1.807) is 11.3 Å². The minimum absolute atomic E-state index is 0.440. The Morgan fingerprint density at radius 1 is 1.00 bits per heavy atom. The van der Waals surface area contributed by atoms with E-state index in [0.717, 1.165) is 60.7 Å². The summed E-state index contributed by atoms with van der Waals surface area (Å²) in [5, 5.41) is 12.0. The zero-order valence-electron chi connectivity index (χ0n) is 22.1. The third-order valence-corrected chi connectivity index (χ3v) is 10.3. The van der Waals surface area contributed by atoms with Crippen LogP contribution >= 0.6 is 11.3 Å². The fourth-order valence-corrected chi connectivity index (χ4v) is 8.14. The van der Waals surface area contributed by atoms with Gasteiger partial charge in [-0.25, -0.2) is 9.97 Å². The van der Waals surface area contributed by atoms with Gasteiger partial charge in [-0.2, -0.15) is 5.10 Å². The van der Waals surface area contributed by atoms with Gasteiger partial charge in [0.05, 0.1) is 17.6 Å². The number of fused-ring (bicyclic) bond motifs is 3. The molecule has 3 aliphatic heterocycles. The summed E-state index contributed by atoms with van der Waals surface area (Å²) in [5.74, 6) is 1.91. The van der Waals surface area contributed by atoms with Gasteiger partial charge in [0.15, 0.2) is 0 Å². The highest BCUT2D eigenvalue weighted by atomic mass is 32.1. The first-order chi connectivity index (χ1) is 18.1. The van der Waals surface area contributed by atoms with E-state index < -0.39 is 0 Å². The van der Waals surface area contributed by atoms with Gasteiger partial charge < -0.3 is 15.0 Å².